The average molecular weight is 277 g/mol. The summed E-state index contributed by atoms with van der Waals surface area (Å²) < 4.78 is 11.8. The predicted octanol–water partition coefficient (Wildman–Crippen LogP) is 3.73. The van der Waals surface area contributed by atoms with Crippen molar-refractivity contribution in [2.24, 2.45) is 16.7 Å². The van der Waals surface area contributed by atoms with Crippen molar-refractivity contribution < 1.29 is 9.15 Å². The van der Waals surface area contributed by atoms with Gasteiger partial charge in [0.2, 0.25) is 0 Å². The lowest BCUT2D eigenvalue weighted by molar-refractivity contribution is -0.0597. The van der Waals surface area contributed by atoms with E-state index in [1.54, 1.807) is 0 Å². The Morgan fingerprint density at radius 1 is 1.40 bits per heavy atom. The molecule has 0 radical (unpaired) electrons. The van der Waals surface area contributed by atoms with Gasteiger partial charge in [0.05, 0.1) is 12.4 Å². The first-order chi connectivity index (χ1) is 9.47. The highest BCUT2D eigenvalue weighted by molar-refractivity contribution is 5.13. The summed E-state index contributed by atoms with van der Waals surface area (Å²) in [6.07, 6.45) is 6.10. The number of hydrogen-bond donors (Lipinski definition) is 1. The Bertz CT molecular complexity index is 479. The summed E-state index contributed by atoms with van der Waals surface area (Å²) in [4.78, 5) is 0. The van der Waals surface area contributed by atoms with Gasteiger partial charge >= 0.3 is 0 Å². The molecule has 3 unspecified atom stereocenters. The highest BCUT2D eigenvalue weighted by Gasteiger charge is 2.61. The SMILES string of the molecule is CNCc1coc(COC2CC3CCC2(C)C3(C)C)c1. The van der Waals surface area contributed by atoms with Gasteiger partial charge in [0.15, 0.2) is 0 Å². The van der Waals surface area contributed by atoms with Gasteiger partial charge in [0.25, 0.3) is 0 Å². The van der Waals surface area contributed by atoms with Crippen LogP contribution in [-0.4, -0.2) is 13.2 Å². The van der Waals surface area contributed by atoms with E-state index in [-0.39, 0.29) is 0 Å². The second kappa shape index (κ2) is 4.88. The van der Waals surface area contributed by atoms with E-state index < -0.39 is 0 Å². The lowest BCUT2D eigenvalue weighted by Gasteiger charge is -2.38. The molecule has 2 saturated carbocycles. The largest absolute Gasteiger partial charge is 0.467 e. The maximum absolute atomic E-state index is 6.24. The molecule has 0 aliphatic heterocycles. The fourth-order valence-corrected chi connectivity index (χ4v) is 4.36. The first-order valence-electron chi connectivity index (χ1n) is 7.80. The normalized spacial score (nSPS) is 34.8. The zero-order valence-corrected chi connectivity index (χ0v) is 13.2. The minimum absolute atomic E-state index is 0.331. The summed E-state index contributed by atoms with van der Waals surface area (Å²) in [5.74, 6) is 1.77. The molecule has 2 aliphatic rings. The molecule has 1 N–H and O–H groups in total. The van der Waals surface area contributed by atoms with E-state index in [1.165, 1.54) is 24.8 Å². The van der Waals surface area contributed by atoms with Crippen LogP contribution in [0, 0.1) is 16.7 Å². The molecule has 3 nitrogen and oxygen atoms in total. The van der Waals surface area contributed by atoms with Crippen molar-refractivity contribution in [2.75, 3.05) is 7.05 Å². The highest BCUT2D eigenvalue weighted by atomic mass is 16.5. The van der Waals surface area contributed by atoms with Crippen molar-refractivity contribution in [3.05, 3.63) is 23.7 Å². The van der Waals surface area contributed by atoms with Gasteiger partial charge in [-0.25, -0.2) is 0 Å². The van der Waals surface area contributed by atoms with Crippen molar-refractivity contribution in [3.63, 3.8) is 0 Å². The van der Waals surface area contributed by atoms with Crippen LogP contribution < -0.4 is 5.32 Å². The van der Waals surface area contributed by atoms with Gasteiger partial charge < -0.3 is 14.5 Å². The second-order valence-corrected chi connectivity index (χ2v) is 7.36. The standard InChI is InChI=1S/C17H27NO2/c1-16(2)13-5-6-17(16,3)15(8-13)20-11-14-7-12(9-18-4)10-19-14/h7,10,13,15,18H,5-6,8-9,11H2,1-4H3. The molecule has 1 heterocycles. The first-order valence-corrected chi connectivity index (χ1v) is 7.80. The molecule has 3 rings (SSSR count). The Morgan fingerprint density at radius 2 is 2.20 bits per heavy atom. The second-order valence-electron chi connectivity index (χ2n) is 7.36. The van der Waals surface area contributed by atoms with Crippen LogP contribution in [0.15, 0.2) is 16.7 Å². The molecule has 0 aromatic carbocycles. The van der Waals surface area contributed by atoms with Crippen LogP contribution in [0.25, 0.3) is 0 Å². The number of fused-ring (bicyclic) bond motifs is 2. The van der Waals surface area contributed by atoms with Gasteiger partial charge in [-0.1, -0.05) is 20.8 Å². The minimum atomic E-state index is 0.331. The minimum Gasteiger partial charge on any atom is -0.467 e. The van der Waals surface area contributed by atoms with Crippen LogP contribution in [0.3, 0.4) is 0 Å². The molecule has 2 fully saturated rings. The Hall–Kier alpha value is -0.800. The Labute approximate surface area is 122 Å². The molecule has 2 aliphatic carbocycles. The smallest absolute Gasteiger partial charge is 0.129 e. The van der Waals surface area contributed by atoms with Crippen LogP contribution in [0.2, 0.25) is 0 Å². The van der Waals surface area contributed by atoms with Crippen molar-refractivity contribution in [3.8, 4) is 0 Å². The van der Waals surface area contributed by atoms with Gasteiger partial charge in [-0.2, -0.15) is 0 Å². The number of furan rings is 1. The fourth-order valence-electron chi connectivity index (χ4n) is 4.36. The van der Waals surface area contributed by atoms with E-state index in [0.29, 0.717) is 23.5 Å². The van der Waals surface area contributed by atoms with E-state index >= 15 is 0 Å². The van der Waals surface area contributed by atoms with Crippen LogP contribution in [0.5, 0.6) is 0 Å². The molecular weight excluding hydrogens is 250 g/mol. The Kier molecular flexibility index (Phi) is 3.46. The molecule has 1 aromatic heterocycles. The summed E-state index contributed by atoms with van der Waals surface area (Å²) in [7, 11) is 1.95. The topological polar surface area (TPSA) is 34.4 Å². The maximum atomic E-state index is 6.24. The third-order valence-corrected chi connectivity index (χ3v) is 6.23. The highest BCUT2D eigenvalue weighted by Crippen LogP contribution is 2.66. The third kappa shape index (κ3) is 2.03. The summed E-state index contributed by atoms with van der Waals surface area (Å²) in [5.41, 5.74) is 1.93. The van der Waals surface area contributed by atoms with Crippen LogP contribution >= 0.6 is 0 Å². The Balaban J connectivity index is 1.62. The monoisotopic (exact) mass is 277 g/mol. The molecule has 0 spiro atoms. The van der Waals surface area contributed by atoms with Crippen molar-refractivity contribution >= 4 is 0 Å². The lowest BCUT2D eigenvalue weighted by Crippen LogP contribution is -2.37. The van der Waals surface area contributed by atoms with Crippen molar-refractivity contribution in [1.29, 1.82) is 0 Å². The van der Waals surface area contributed by atoms with Crippen LogP contribution in [0.4, 0.5) is 0 Å². The molecule has 1 aromatic rings. The number of hydrogen-bond acceptors (Lipinski definition) is 3. The number of ether oxygens (including phenoxy) is 1. The predicted molar refractivity (Wildman–Crippen MR) is 79.3 cm³/mol. The van der Waals surface area contributed by atoms with E-state index in [4.69, 9.17) is 9.15 Å². The van der Waals surface area contributed by atoms with E-state index in [1.807, 2.05) is 13.3 Å². The quantitative estimate of drug-likeness (QED) is 0.890. The Morgan fingerprint density at radius 3 is 2.80 bits per heavy atom. The molecule has 0 saturated heterocycles. The van der Waals surface area contributed by atoms with Gasteiger partial charge in [-0.15, -0.1) is 0 Å². The zero-order chi connectivity index (χ0) is 14.4. The third-order valence-electron chi connectivity index (χ3n) is 6.23. The van der Waals surface area contributed by atoms with E-state index in [0.717, 1.165) is 18.2 Å². The average Bonchev–Trinajstić information content (AvgIpc) is 2.98. The molecule has 3 atom stereocenters. The van der Waals surface area contributed by atoms with Crippen molar-refractivity contribution in [2.45, 2.75) is 59.3 Å². The molecule has 20 heavy (non-hydrogen) atoms. The van der Waals surface area contributed by atoms with Crippen molar-refractivity contribution in [1.82, 2.24) is 5.32 Å². The van der Waals surface area contributed by atoms with Gasteiger partial charge in [-0.3, -0.25) is 0 Å². The summed E-state index contributed by atoms with van der Waals surface area (Å²) in [6.45, 7) is 8.71. The molecule has 2 bridgehead atoms. The van der Waals surface area contributed by atoms with Gasteiger partial charge in [0.1, 0.15) is 12.4 Å². The zero-order valence-electron chi connectivity index (χ0n) is 13.2. The molecular formula is C17H27NO2. The molecule has 0 amide bonds. The summed E-state index contributed by atoms with van der Waals surface area (Å²) in [6, 6.07) is 2.09. The fraction of sp³-hybridized carbons (Fsp3) is 0.765. The van der Waals surface area contributed by atoms with Crippen LogP contribution in [-0.2, 0) is 17.9 Å². The first kappa shape index (κ1) is 14.2. The van der Waals surface area contributed by atoms with Gasteiger partial charge in [-0.05, 0) is 49.1 Å². The summed E-state index contributed by atoms with van der Waals surface area (Å²) in [5, 5.41) is 3.13. The maximum Gasteiger partial charge on any atom is 0.129 e. The van der Waals surface area contributed by atoms with E-state index in [9.17, 15) is 0 Å². The number of rotatable bonds is 5. The van der Waals surface area contributed by atoms with Gasteiger partial charge in [0, 0.05) is 12.1 Å². The lowest BCUT2D eigenvalue weighted by atomic mass is 9.70. The molecule has 112 valence electrons. The van der Waals surface area contributed by atoms with Crippen LogP contribution in [0.1, 0.15) is 51.4 Å². The molecule has 3 heteroatoms. The van der Waals surface area contributed by atoms with E-state index in [2.05, 4.69) is 32.2 Å². The number of nitrogens with one attached hydrogen (secondary N) is 1. The summed E-state index contributed by atoms with van der Waals surface area (Å²) >= 11 is 0.